The molecule has 5 nitrogen and oxygen atoms in total. The molecule has 106 valence electrons. The minimum absolute atomic E-state index is 0.137. The van der Waals surface area contributed by atoms with Gasteiger partial charge < -0.3 is 0 Å². The number of sulfonamides is 1. The van der Waals surface area contributed by atoms with E-state index in [2.05, 4.69) is 30.6 Å². The van der Waals surface area contributed by atoms with Crippen molar-refractivity contribution >= 4 is 26.0 Å². The minimum atomic E-state index is -3.56. The fourth-order valence-corrected chi connectivity index (χ4v) is 3.49. The zero-order valence-electron chi connectivity index (χ0n) is 11.1. The predicted molar refractivity (Wildman–Crippen MR) is 79.7 cm³/mol. The van der Waals surface area contributed by atoms with Crippen molar-refractivity contribution in [1.29, 1.82) is 0 Å². The monoisotopic (exact) mass is 355 g/mol. The van der Waals surface area contributed by atoms with Crippen molar-refractivity contribution in [3.05, 3.63) is 52.0 Å². The lowest BCUT2D eigenvalue weighted by Crippen LogP contribution is -2.24. The van der Waals surface area contributed by atoms with E-state index in [-0.39, 0.29) is 11.4 Å². The number of rotatable bonds is 4. The van der Waals surface area contributed by atoms with Crippen molar-refractivity contribution in [3.8, 4) is 0 Å². The first-order valence-corrected chi connectivity index (χ1v) is 8.20. The van der Waals surface area contributed by atoms with E-state index < -0.39 is 10.0 Å². The molecule has 0 aliphatic heterocycles. The van der Waals surface area contributed by atoms with Crippen LogP contribution in [0.5, 0.6) is 0 Å². The molecule has 0 aliphatic carbocycles. The van der Waals surface area contributed by atoms with Gasteiger partial charge in [0.25, 0.3) is 0 Å². The van der Waals surface area contributed by atoms with Crippen LogP contribution in [0.1, 0.15) is 17.1 Å². The summed E-state index contributed by atoms with van der Waals surface area (Å²) in [6.45, 7) is 3.66. The summed E-state index contributed by atoms with van der Waals surface area (Å²) in [5, 5.41) is 0. The molecular formula is C13H14BrN3O2S. The second-order valence-corrected chi connectivity index (χ2v) is 6.98. The second-order valence-electron chi connectivity index (χ2n) is 4.33. The first kappa shape index (κ1) is 15.1. The molecule has 2 aromatic rings. The van der Waals surface area contributed by atoms with Crippen molar-refractivity contribution in [2.45, 2.75) is 25.3 Å². The highest BCUT2D eigenvalue weighted by Gasteiger charge is 2.17. The van der Waals surface area contributed by atoms with Gasteiger partial charge in [0.05, 0.1) is 17.1 Å². The number of hydrogen-bond acceptors (Lipinski definition) is 4. The van der Waals surface area contributed by atoms with Crippen LogP contribution in [-0.2, 0) is 16.6 Å². The standard InChI is InChI=1S/C13H14BrN3O2S/c1-9-3-4-11(14)7-13(9)20(18,19)16-8-12-5-6-15-10(2)17-12/h3-7,16H,8H2,1-2H3. The fraction of sp³-hybridized carbons (Fsp3) is 0.231. The third-order valence-electron chi connectivity index (χ3n) is 2.72. The Morgan fingerprint density at radius 1 is 1.25 bits per heavy atom. The Kier molecular flexibility index (Phi) is 4.52. The van der Waals surface area contributed by atoms with Gasteiger partial charge in [-0.15, -0.1) is 0 Å². The summed E-state index contributed by atoms with van der Waals surface area (Å²) in [7, 11) is -3.56. The number of benzene rings is 1. The maximum absolute atomic E-state index is 12.3. The van der Waals surface area contributed by atoms with Crippen LogP contribution >= 0.6 is 15.9 Å². The summed E-state index contributed by atoms with van der Waals surface area (Å²) in [5.41, 5.74) is 1.33. The molecule has 7 heteroatoms. The maximum Gasteiger partial charge on any atom is 0.241 e. The van der Waals surface area contributed by atoms with Crippen LogP contribution in [-0.4, -0.2) is 18.4 Å². The first-order chi connectivity index (χ1) is 9.38. The van der Waals surface area contributed by atoms with Gasteiger partial charge in [-0.05, 0) is 37.6 Å². The zero-order valence-corrected chi connectivity index (χ0v) is 13.5. The summed E-state index contributed by atoms with van der Waals surface area (Å²) in [4.78, 5) is 8.40. The summed E-state index contributed by atoms with van der Waals surface area (Å²) >= 11 is 3.28. The average Bonchev–Trinajstić information content (AvgIpc) is 2.39. The number of nitrogens with one attached hydrogen (secondary N) is 1. The van der Waals surface area contributed by atoms with Crippen LogP contribution < -0.4 is 4.72 Å². The van der Waals surface area contributed by atoms with E-state index in [0.29, 0.717) is 17.1 Å². The Bertz CT molecular complexity index is 732. The zero-order chi connectivity index (χ0) is 14.8. The summed E-state index contributed by atoms with van der Waals surface area (Å²) in [5.74, 6) is 0.611. The van der Waals surface area contributed by atoms with Crippen LogP contribution in [0.15, 0.2) is 39.8 Å². The van der Waals surface area contributed by atoms with Crippen molar-refractivity contribution in [2.75, 3.05) is 0 Å². The van der Waals surface area contributed by atoms with Gasteiger partial charge in [-0.1, -0.05) is 22.0 Å². The van der Waals surface area contributed by atoms with Gasteiger partial charge in [-0.25, -0.2) is 23.1 Å². The van der Waals surface area contributed by atoms with E-state index >= 15 is 0 Å². The first-order valence-electron chi connectivity index (χ1n) is 5.93. The van der Waals surface area contributed by atoms with E-state index in [1.807, 2.05) is 6.07 Å². The van der Waals surface area contributed by atoms with Crippen molar-refractivity contribution in [1.82, 2.24) is 14.7 Å². The molecule has 0 unspecified atom stereocenters. The van der Waals surface area contributed by atoms with Gasteiger partial charge in [0.15, 0.2) is 0 Å². The SMILES string of the molecule is Cc1nccc(CNS(=O)(=O)c2cc(Br)ccc2C)n1. The second kappa shape index (κ2) is 5.99. The topological polar surface area (TPSA) is 72.0 Å². The summed E-state index contributed by atoms with van der Waals surface area (Å²) < 4.78 is 27.8. The molecule has 2 rings (SSSR count). The van der Waals surface area contributed by atoms with Crippen molar-refractivity contribution < 1.29 is 8.42 Å². The van der Waals surface area contributed by atoms with E-state index in [1.54, 1.807) is 38.2 Å². The van der Waals surface area contributed by atoms with Crippen LogP contribution in [0.4, 0.5) is 0 Å². The van der Waals surface area contributed by atoms with Gasteiger partial charge in [0, 0.05) is 10.7 Å². The molecule has 1 heterocycles. The summed E-state index contributed by atoms with van der Waals surface area (Å²) in [6.07, 6.45) is 1.61. The molecule has 0 radical (unpaired) electrons. The summed E-state index contributed by atoms with van der Waals surface area (Å²) in [6, 6.07) is 6.84. The van der Waals surface area contributed by atoms with Crippen LogP contribution in [0.2, 0.25) is 0 Å². The highest BCUT2D eigenvalue weighted by molar-refractivity contribution is 9.10. The lowest BCUT2D eigenvalue weighted by Gasteiger charge is -2.09. The Morgan fingerprint density at radius 2 is 2.00 bits per heavy atom. The Morgan fingerprint density at radius 3 is 2.70 bits per heavy atom. The maximum atomic E-state index is 12.3. The van der Waals surface area contributed by atoms with Gasteiger partial charge >= 0.3 is 0 Å². The van der Waals surface area contributed by atoms with Gasteiger partial charge in [0.1, 0.15) is 5.82 Å². The van der Waals surface area contributed by atoms with Crippen molar-refractivity contribution in [3.63, 3.8) is 0 Å². The van der Waals surface area contributed by atoms with Crippen LogP contribution in [0.25, 0.3) is 0 Å². The van der Waals surface area contributed by atoms with E-state index in [0.717, 1.165) is 4.47 Å². The molecule has 0 saturated heterocycles. The van der Waals surface area contributed by atoms with E-state index in [4.69, 9.17) is 0 Å². The Labute approximate surface area is 126 Å². The number of hydrogen-bond donors (Lipinski definition) is 1. The van der Waals surface area contributed by atoms with Gasteiger partial charge in [-0.2, -0.15) is 0 Å². The minimum Gasteiger partial charge on any atom is -0.242 e. The molecule has 0 spiro atoms. The lowest BCUT2D eigenvalue weighted by atomic mass is 10.2. The molecule has 0 atom stereocenters. The van der Waals surface area contributed by atoms with E-state index in [1.165, 1.54) is 0 Å². The third kappa shape index (κ3) is 3.62. The highest BCUT2D eigenvalue weighted by Crippen LogP contribution is 2.20. The normalized spacial score (nSPS) is 11.6. The Balaban J connectivity index is 2.21. The quantitative estimate of drug-likeness (QED) is 0.913. The molecule has 1 aromatic heterocycles. The number of nitrogens with zero attached hydrogens (tertiary/aromatic N) is 2. The van der Waals surface area contributed by atoms with Crippen LogP contribution in [0.3, 0.4) is 0 Å². The molecule has 0 amide bonds. The van der Waals surface area contributed by atoms with Gasteiger partial charge in [-0.3, -0.25) is 0 Å². The Hall–Kier alpha value is -1.31. The fourth-order valence-electron chi connectivity index (χ4n) is 1.71. The molecule has 1 aromatic carbocycles. The lowest BCUT2D eigenvalue weighted by molar-refractivity contribution is 0.579. The molecular weight excluding hydrogens is 342 g/mol. The number of aryl methyl sites for hydroxylation is 2. The molecule has 1 N–H and O–H groups in total. The van der Waals surface area contributed by atoms with Crippen LogP contribution in [0, 0.1) is 13.8 Å². The molecule has 0 fully saturated rings. The molecule has 0 bridgehead atoms. The largest absolute Gasteiger partial charge is 0.242 e. The highest BCUT2D eigenvalue weighted by atomic mass is 79.9. The molecule has 0 aliphatic rings. The average molecular weight is 356 g/mol. The number of halogens is 1. The number of aromatic nitrogens is 2. The molecule has 0 saturated carbocycles. The van der Waals surface area contributed by atoms with Crippen molar-refractivity contribution in [2.24, 2.45) is 0 Å². The third-order valence-corrected chi connectivity index (χ3v) is 4.75. The predicted octanol–water partition coefficient (Wildman–Crippen LogP) is 2.33. The van der Waals surface area contributed by atoms with Gasteiger partial charge in [0.2, 0.25) is 10.0 Å². The molecule has 20 heavy (non-hydrogen) atoms. The van der Waals surface area contributed by atoms with E-state index in [9.17, 15) is 8.42 Å². The smallest absolute Gasteiger partial charge is 0.241 e.